The van der Waals surface area contributed by atoms with Crippen LogP contribution in [0.5, 0.6) is 5.75 Å². The quantitative estimate of drug-likeness (QED) is 0.802. The first-order valence-electron chi connectivity index (χ1n) is 9.58. The Balaban J connectivity index is 1.96. The van der Waals surface area contributed by atoms with Crippen molar-refractivity contribution in [3.8, 4) is 5.75 Å². The predicted octanol–water partition coefficient (Wildman–Crippen LogP) is 2.68. The third kappa shape index (κ3) is 6.21. The van der Waals surface area contributed by atoms with Gasteiger partial charge in [0, 0.05) is 19.1 Å². The lowest BCUT2D eigenvalue weighted by Gasteiger charge is -2.34. The summed E-state index contributed by atoms with van der Waals surface area (Å²) in [4.78, 5) is 14.4. The zero-order valence-corrected chi connectivity index (χ0v) is 17.8. The SMILES string of the molecule is CCS(=O)(=O)N[C@H]1CCCN(C(=O)[C@H](C)Oc2ccc(C(C)(C)C)cc2)C1. The zero-order chi connectivity index (χ0) is 20.2. The molecule has 27 heavy (non-hydrogen) atoms. The Kier molecular flexibility index (Phi) is 6.92. The van der Waals surface area contributed by atoms with E-state index in [-0.39, 0.29) is 23.1 Å². The maximum absolute atomic E-state index is 12.7. The number of nitrogens with zero attached hydrogens (tertiary/aromatic N) is 1. The van der Waals surface area contributed by atoms with Crippen LogP contribution < -0.4 is 9.46 Å². The van der Waals surface area contributed by atoms with E-state index in [1.165, 1.54) is 5.56 Å². The average Bonchev–Trinajstić information content (AvgIpc) is 2.60. The highest BCUT2D eigenvalue weighted by atomic mass is 32.2. The fourth-order valence-electron chi connectivity index (χ4n) is 3.16. The van der Waals surface area contributed by atoms with E-state index in [0.29, 0.717) is 18.8 Å². The molecule has 0 unspecified atom stereocenters. The van der Waals surface area contributed by atoms with Crippen molar-refractivity contribution < 1.29 is 17.9 Å². The summed E-state index contributed by atoms with van der Waals surface area (Å²) >= 11 is 0. The van der Waals surface area contributed by atoms with E-state index in [4.69, 9.17) is 4.74 Å². The van der Waals surface area contributed by atoms with Gasteiger partial charge in [0.2, 0.25) is 10.0 Å². The molecule has 1 saturated heterocycles. The summed E-state index contributed by atoms with van der Waals surface area (Å²) in [5, 5.41) is 0. The second-order valence-electron chi connectivity index (χ2n) is 8.18. The molecule has 0 saturated carbocycles. The molecular weight excluding hydrogens is 364 g/mol. The molecule has 1 aliphatic heterocycles. The summed E-state index contributed by atoms with van der Waals surface area (Å²) in [5.41, 5.74) is 1.27. The number of likely N-dealkylation sites (tertiary alicyclic amines) is 1. The van der Waals surface area contributed by atoms with Gasteiger partial charge in [-0.15, -0.1) is 0 Å². The van der Waals surface area contributed by atoms with E-state index in [1.54, 1.807) is 18.7 Å². The molecule has 7 heteroatoms. The van der Waals surface area contributed by atoms with E-state index >= 15 is 0 Å². The molecule has 0 aliphatic carbocycles. The lowest BCUT2D eigenvalue weighted by atomic mass is 9.87. The summed E-state index contributed by atoms with van der Waals surface area (Å²) in [6.45, 7) is 10.8. The molecule has 152 valence electrons. The second kappa shape index (κ2) is 8.61. The molecule has 0 spiro atoms. The Morgan fingerprint density at radius 1 is 1.30 bits per heavy atom. The molecule has 1 amide bonds. The zero-order valence-electron chi connectivity index (χ0n) is 17.0. The molecule has 1 N–H and O–H groups in total. The predicted molar refractivity (Wildman–Crippen MR) is 107 cm³/mol. The highest BCUT2D eigenvalue weighted by Crippen LogP contribution is 2.25. The third-order valence-electron chi connectivity index (χ3n) is 4.84. The fourth-order valence-corrected chi connectivity index (χ4v) is 4.02. The Morgan fingerprint density at radius 2 is 1.93 bits per heavy atom. The molecule has 2 atom stereocenters. The van der Waals surface area contributed by atoms with Crippen LogP contribution in [0.25, 0.3) is 0 Å². The third-order valence-corrected chi connectivity index (χ3v) is 6.29. The summed E-state index contributed by atoms with van der Waals surface area (Å²) in [6.07, 6.45) is 0.898. The fraction of sp³-hybridized carbons (Fsp3) is 0.650. The van der Waals surface area contributed by atoms with Crippen LogP contribution in [0, 0.1) is 0 Å². The molecule has 0 bridgehead atoms. The average molecular weight is 397 g/mol. The van der Waals surface area contributed by atoms with Crippen LogP contribution in [0.2, 0.25) is 0 Å². The molecule has 0 aromatic heterocycles. The van der Waals surface area contributed by atoms with Crippen LogP contribution in [0.1, 0.15) is 53.0 Å². The Morgan fingerprint density at radius 3 is 2.48 bits per heavy atom. The minimum absolute atomic E-state index is 0.0432. The first-order chi connectivity index (χ1) is 12.5. The van der Waals surface area contributed by atoms with Gasteiger partial charge in [-0.2, -0.15) is 0 Å². The number of hydrogen-bond donors (Lipinski definition) is 1. The standard InChI is InChI=1S/C20H32N2O4S/c1-6-27(24,25)21-17-8-7-13-22(14-17)19(23)15(2)26-18-11-9-16(10-12-18)20(3,4)5/h9-12,15,17,21H,6-8,13-14H2,1-5H3/t15-,17-/m0/s1. The van der Waals surface area contributed by atoms with Crippen molar-refractivity contribution in [1.29, 1.82) is 0 Å². The monoisotopic (exact) mass is 396 g/mol. The van der Waals surface area contributed by atoms with Crippen molar-refractivity contribution in [3.63, 3.8) is 0 Å². The van der Waals surface area contributed by atoms with Crippen LogP contribution in [-0.4, -0.2) is 50.2 Å². The van der Waals surface area contributed by atoms with Crippen molar-refractivity contribution in [2.75, 3.05) is 18.8 Å². The topological polar surface area (TPSA) is 75.7 Å². The second-order valence-corrected chi connectivity index (χ2v) is 10.2. The van der Waals surface area contributed by atoms with Crippen LogP contribution in [-0.2, 0) is 20.2 Å². The van der Waals surface area contributed by atoms with Gasteiger partial charge in [-0.3, -0.25) is 4.79 Å². The first-order valence-corrected chi connectivity index (χ1v) is 11.2. The summed E-state index contributed by atoms with van der Waals surface area (Å²) in [6, 6.07) is 7.58. The van der Waals surface area contributed by atoms with Gasteiger partial charge >= 0.3 is 0 Å². The Bertz CT molecular complexity index is 738. The van der Waals surface area contributed by atoms with Crippen molar-refractivity contribution in [3.05, 3.63) is 29.8 Å². The van der Waals surface area contributed by atoms with Gasteiger partial charge in [-0.25, -0.2) is 13.1 Å². The largest absolute Gasteiger partial charge is 0.481 e. The number of nitrogens with one attached hydrogen (secondary N) is 1. The highest BCUT2D eigenvalue weighted by molar-refractivity contribution is 7.89. The van der Waals surface area contributed by atoms with E-state index in [2.05, 4.69) is 25.5 Å². The Hall–Kier alpha value is -1.60. The van der Waals surface area contributed by atoms with Crippen LogP contribution in [0.15, 0.2) is 24.3 Å². The smallest absolute Gasteiger partial charge is 0.263 e. The number of rotatable bonds is 6. The lowest BCUT2D eigenvalue weighted by Crippen LogP contribution is -2.52. The summed E-state index contributed by atoms with van der Waals surface area (Å²) in [5.74, 6) is 0.584. The van der Waals surface area contributed by atoms with Gasteiger partial charge in [0.15, 0.2) is 6.10 Å². The van der Waals surface area contributed by atoms with Crippen molar-refractivity contribution in [2.45, 2.75) is 65.0 Å². The van der Waals surface area contributed by atoms with E-state index in [0.717, 1.165) is 12.8 Å². The highest BCUT2D eigenvalue weighted by Gasteiger charge is 2.29. The number of benzene rings is 1. The maximum atomic E-state index is 12.7. The van der Waals surface area contributed by atoms with Gasteiger partial charge in [0.25, 0.3) is 5.91 Å². The molecule has 0 radical (unpaired) electrons. The van der Waals surface area contributed by atoms with Crippen LogP contribution in [0.4, 0.5) is 0 Å². The van der Waals surface area contributed by atoms with E-state index < -0.39 is 16.1 Å². The maximum Gasteiger partial charge on any atom is 0.263 e. The number of carbonyl (C=O) groups excluding carboxylic acids is 1. The first kappa shape index (κ1) is 21.7. The molecule has 1 fully saturated rings. The number of hydrogen-bond acceptors (Lipinski definition) is 4. The molecule has 2 rings (SSSR count). The van der Waals surface area contributed by atoms with E-state index in [1.807, 2.05) is 24.3 Å². The van der Waals surface area contributed by atoms with Gasteiger partial charge in [0.05, 0.1) is 5.75 Å². The number of piperidine rings is 1. The van der Waals surface area contributed by atoms with Gasteiger partial charge in [0.1, 0.15) is 5.75 Å². The van der Waals surface area contributed by atoms with Gasteiger partial charge in [-0.1, -0.05) is 32.9 Å². The molecule has 1 aliphatic rings. The summed E-state index contributed by atoms with van der Waals surface area (Å²) in [7, 11) is -3.27. The van der Waals surface area contributed by atoms with Crippen LogP contribution in [0.3, 0.4) is 0 Å². The molecule has 1 heterocycles. The number of amides is 1. The number of carbonyl (C=O) groups is 1. The molecule has 1 aromatic rings. The number of sulfonamides is 1. The minimum atomic E-state index is -3.27. The summed E-state index contributed by atoms with van der Waals surface area (Å²) < 4.78 is 32.1. The van der Waals surface area contributed by atoms with Crippen LogP contribution >= 0.6 is 0 Å². The molecular formula is C20H32N2O4S. The van der Waals surface area contributed by atoms with E-state index in [9.17, 15) is 13.2 Å². The molecule has 6 nitrogen and oxygen atoms in total. The van der Waals surface area contributed by atoms with Crippen molar-refractivity contribution >= 4 is 15.9 Å². The van der Waals surface area contributed by atoms with Crippen molar-refractivity contribution in [2.24, 2.45) is 0 Å². The minimum Gasteiger partial charge on any atom is -0.481 e. The normalized spacial score (nSPS) is 19.6. The number of ether oxygens (including phenoxy) is 1. The van der Waals surface area contributed by atoms with Gasteiger partial charge in [-0.05, 0) is 49.8 Å². The Labute approximate surface area is 163 Å². The van der Waals surface area contributed by atoms with Gasteiger partial charge < -0.3 is 9.64 Å². The lowest BCUT2D eigenvalue weighted by molar-refractivity contribution is -0.139. The molecule has 1 aromatic carbocycles. The van der Waals surface area contributed by atoms with Crippen molar-refractivity contribution in [1.82, 2.24) is 9.62 Å².